The molecule has 0 atom stereocenters. The van der Waals surface area contributed by atoms with E-state index in [9.17, 15) is 22.4 Å². The standard InChI is InChI=1S/C12H13F4NO3/c13-8-1-2-10(9(14)5-8)20-7-12(19)17(3-4-18)6-11(15)16/h1-2,5,11,18H,3-4,6-7H2. The van der Waals surface area contributed by atoms with Crippen LogP contribution >= 0.6 is 0 Å². The lowest BCUT2D eigenvalue weighted by molar-refractivity contribution is -0.135. The van der Waals surface area contributed by atoms with E-state index in [1.54, 1.807) is 0 Å². The van der Waals surface area contributed by atoms with Gasteiger partial charge in [-0.05, 0) is 12.1 Å². The summed E-state index contributed by atoms with van der Waals surface area (Å²) in [5, 5.41) is 8.68. The molecule has 4 nitrogen and oxygen atoms in total. The van der Waals surface area contributed by atoms with Crippen molar-refractivity contribution in [3.8, 4) is 5.75 Å². The number of hydrogen-bond acceptors (Lipinski definition) is 3. The fourth-order valence-electron chi connectivity index (χ4n) is 1.43. The third kappa shape index (κ3) is 5.04. The van der Waals surface area contributed by atoms with Crippen molar-refractivity contribution < 1.29 is 32.2 Å². The number of alkyl halides is 2. The van der Waals surface area contributed by atoms with Crippen LogP contribution in [0.4, 0.5) is 17.6 Å². The Balaban J connectivity index is 2.59. The molecule has 0 aliphatic rings. The molecule has 0 unspecified atom stereocenters. The number of hydrogen-bond donors (Lipinski definition) is 1. The molecule has 0 bridgehead atoms. The van der Waals surface area contributed by atoms with Crippen LogP contribution in [0.3, 0.4) is 0 Å². The number of amides is 1. The van der Waals surface area contributed by atoms with E-state index in [4.69, 9.17) is 9.84 Å². The maximum Gasteiger partial charge on any atom is 0.260 e. The van der Waals surface area contributed by atoms with Crippen molar-refractivity contribution in [2.75, 3.05) is 26.3 Å². The van der Waals surface area contributed by atoms with Crippen molar-refractivity contribution in [3.05, 3.63) is 29.8 Å². The van der Waals surface area contributed by atoms with Crippen LogP contribution < -0.4 is 4.74 Å². The second-order valence-electron chi connectivity index (χ2n) is 3.82. The molecule has 0 fully saturated rings. The Hall–Kier alpha value is -1.83. The molecule has 0 saturated heterocycles. The van der Waals surface area contributed by atoms with E-state index in [1.165, 1.54) is 0 Å². The second kappa shape index (κ2) is 7.68. The maximum absolute atomic E-state index is 13.2. The molecule has 0 radical (unpaired) electrons. The molecule has 1 aromatic carbocycles. The van der Waals surface area contributed by atoms with Gasteiger partial charge in [-0.25, -0.2) is 17.6 Å². The quantitative estimate of drug-likeness (QED) is 0.774. The molecular formula is C12H13F4NO3. The fourth-order valence-corrected chi connectivity index (χ4v) is 1.43. The van der Waals surface area contributed by atoms with Gasteiger partial charge >= 0.3 is 0 Å². The Morgan fingerprint density at radius 1 is 1.35 bits per heavy atom. The number of ether oxygens (including phenoxy) is 1. The lowest BCUT2D eigenvalue weighted by Gasteiger charge is -2.21. The molecule has 1 rings (SSSR count). The third-order valence-electron chi connectivity index (χ3n) is 2.33. The van der Waals surface area contributed by atoms with E-state index >= 15 is 0 Å². The van der Waals surface area contributed by atoms with E-state index < -0.39 is 43.7 Å². The third-order valence-corrected chi connectivity index (χ3v) is 2.33. The van der Waals surface area contributed by atoms with Gasteiger partial charge in [0, 0.05) is 12.6 Å². The molecule has 8 heteroatoms. The zero-order chi connectivity index (χ0) is 15.1. The molecule has 20 heavy (non-hydrogen) atoms. The van der Waals surface area contributed by atoms with Crippen LogP contribution in [0.5, 0.6) is 5.75 Å². The number of benzene rings is 1. The Labute approximate surface area is 112 Å². The minimum atomic E-state index is -2.76. The first kappa shape index (κ1) is 16.2. The van der Waals surface area contributed by atoms with Crippen LogP contribution in [0.2, 0.25) is 0 Å². The Morgan fingerprint density at radius 2 is 2.05 bits per heavy atom. The molecular weight excluding hydrogens is 282 g/mol. The lowest BCUT2D eigenvalue weighted by atomic mass is 10.3. The van der Waals surface area contributed by atoms with Crippen molar-refractivity contribution in [2.45, 2.75) is 6.43 Å². The van der Waals surface area contributed by atoms with Crippen LogP contribution in [0.1, 0.15) is 0 Å². The summed E-state index contributed by atoms with van der Waals surface area (Å²) in [6.07, 6.45) is -2.76. The molecule has 112 valence electrons. The monoisotopic (exact) mass is 295 g/mol. The fraction of sp³-hybridized carbons (Fsp3) is 0.417. The zero-order valence-corrected chi connectivity index (χ0v) is 10.4. The van der Waals surface area contributed by atoms with E-state index in [-0.39, 0.29) is 12.3 Å². The summed E-state index contributed by atoms with van der Waals surface area (Å²) in [6.45, 7) is -2.30. The minimum absolute atomic E-state index is 0.279. The second-order valence-corrected chi connectivity index (χ2v) is 3.82. The zero-order valence-electron chi connectivity index (χ0n) is 10.4. The molecule has 1 N–H and O–H groups in total. The van der Waals surface area contributed by atoms with Crippen molar-refractivity contribution >= 4 is 5.91 Å². The van der Waals surface area contributed by atoms with Gasteiger partial charge in [0.05, 0.1) is 13.2 Å². The Bertz CT molecular complexity index is 456. The summed E-state index contributed by atoms with van der Waals surface area (Å²) >= 11 is 0. The molecule has 0 aliphatic carbocycles. The van der Waals surface area contributed by atoms with Crippen molar-refractivity contribution in [3.63, 3.8) is 0 Å². The number of aliphatic hydroxyl groups is 1. The maximum atomic E-state index is 13.2. The molecule has 0 saturated carbocycles. The molecule has 1 aromatic rings. The number of carbonyl (C=O) groups excluding carboxylic acids is 1. The summed E-state index contributed by atoms with van der Waals surface area (Å²) in [7, 11) is 0. The van der Waals surface area contributed by atoms with Crippen molar-refractivity contribution in [2.24, 2.45) is 0 Å². The lowest BCUT2D eigenvalue weighted by Crippen LogP contribution is -2.40. The highest BCUT2D eigenvalue weighted by molar-refractivity contribution is 5.77. The van der Waals surface area contributed by atoms with E-state index in [0.717, 1.165) is 12.1 Å². The summed E-state index contributed by atoms with van der Waals surface area (Å²) in [4.78, 5) is 12.3. The van der Waals surface area contributed by atoms with Gasteiger partial charge in [-0.1, -0.05) is 0 Å². The topological polar surface area (TPSA) is 49.8 Å². The molecule has 0 heterocycles. The Kier molecular flexibility index (Phi) is 6.23. The summed E-state index contributed by atoms with van der Waals surface area (Å²) < 4.78 is 55.1. The SMILES string of the molecule is O=C(COc1ccc(F)cc1F)N(CCO)CC(F)F. The highest BCUT2D eigenvalue weighted by Crippen LogP contribution is 2.17. The van der Waals surface area contributed by atoms with Crippen molar-refractivity contribution in [1.29, 1.82) is 0 Å². The van der Waals surface area contributed by atoms with Crippen LogP contribution in [-0.2, 0) is 4.79 Å². The molecule has 0 aliphatic heterocycles. The van der Waals surface area contributed by atoms with Gasteiger partial charge in [-0.15, -0.1) is 0 Å². The predicted molar refractivity (Wildman–Crippen MR) is 61.5 cm³/mol. The summed E-state index contributed by atoms with van der Waals surface area (Å²) in [6, 6.07) is 2.50. The Morgan fingerprint density at radius 3 is 2.60 bits per heavy atom. The first-order valence-electron chi connectivity index (χ1n) is 5.68. The molecule has 1 amide bonds. The van der Waals surface area contributed by atoms with Gasteiger partial charge in [0.1, 0.15) is 5.82 Å². The smallest absolute Gasteiger partial charge is 0.260 e. The molecule has 0 spiro atoms. The number of carbonyl (C=O) groups is 1. The van der Waals surface area contributed by atoms with Crippen LogP contribution in [0, 0.1) is 11.6 Å². The van der Waals surface area contributed by atoms with Gasteiger partial charge in [-0.3, -0.25) is 4.79 Å². The van der Waals surface area contributed by atoms with Gasteiger partial charge in [-0.2, -0.15) is 0 Å². The average Bonchev–Trinajstić information content (AvgIpc) is 2.36. The normalized spacial score (nSPS) is 10.7. The van der Waals surface area contributed by atoms with Crippen LogP contribution in [0.25, 0.3) is 0 Å². The minimum Gasteiger partial charge on any atom is -0.481 e. The van der Waals surface area contributed by atoms with Gasteiger partial charge in [0.25, 0.3) is 12.3 Å². The highest BCUT2D eigenvalue weighted by atomic mass is 19.3. The summed E-state index contributed by atoms with van der Waals surface area (Å²) in [5.41, 5.74) is 0. The number of nitrogens with zero attached hydrogens (tertiary/aromatic N) is 1. The van der Waals surface area contributed by atoms with E-state index in [2.05, 4.69) is 0 Å². The van der Waals surface area contributed by atoms with Crippen LogP contribution in [0.15, 0.2) is 18.2 Å². The predicted octanol–water partition coefficient (Wildman–Crippen LogP) is 1.43. The van der Waals surface area contributed by atoms with E-state index in [0.29, 0.717) is 11.0 Å². The molecule has 0 aromatic heterocycles. The number of aliphatic hydroxyl groups excluding tert-OH is 1. The first-order chi connectivity index (χ1) is 9.43. The summed E-state index contributed by atoms with van der Waals surface area (Å²) in [5.74, 6) is -3.00. The van der Waals surface area contributed by atoms with Crippen LogP contribution in [-0.4, -0.2) is 48.6 Å². The van der Waals surface area contributed by atoms with Crippen molar-refractivity contribution in [1.82, 2.24) is 4.90 Å². The van der Waals surface area contributed by atoms with Gasteiger partial charge in [0.2, 0.25) is 0 Å². The number of halogens is 4. The number of rotatable bonds is 7. The van der Waals surface area contributed by atoms with Gasteiger partial charge < -0.3 is 14.7 Å². The largest absolute Gasteiger partial charge is 0.481 e. The first-order valence-corrected chi connectivity index (χ1v) is 5.68. The van der Waals surface area contributed by atoms with E-state index in [1.807, 2.05) is 0 Å². The average molecular weight is 295 g/mol. The highest BCUT2D eigenvalue weighted by Gasteiger charge is 2.18. The van der Waals surface area contributed by atoms with Gasteiger partial charge in [0.15, 0.2) is 18.2 Å².